The van der Waals surface area contributed by atoms with E-state index in [2.05, 4.69) is 4.74 Å². The summed E-state index contributed by atoms with van der Waals surface area (Å²) in [5, 5.41) is 0. The molecule has 17 heavy (non-hydrogen) atoms. The minimum Gasteiger partial charge on any atom is -0.372 e. The lowest BCUT2D eigenvalue weighted by Gasteiger charge is -2.15. The van der Waals surface area contributed by atoms with Gasteiger partial charge >= 0.3 is 6.18 Å². The minimum absolute atomic E-state index is 0.0458. The molecule has 0 aromatic heterocycles. The van der Waals surface area contributed by atoms with Gasteiger partial charge < -0.3 is 10.5 Å². The Morgan fingerprint density at radius 3 is 2.35 bits per heavy atom. The molecule has 0 saturated carbocycles. The van der Waals surface area contributed by atoms with Gasteiger partial charge in [-0.15, -0.1) is 0 Å². The third-order valence-electron chi connectivity index (χ3n) is 2.43. The zero-order chi connectivity index (χ0) is 12.7. The first-order valence-corrected chi connectivity index (χ1v) is 5.42. The molecule has 1 atom stereocenters. The second-order valence-corrected chi connectivity index (χ2v) is 3.80. The number of rotatable bonds is 6. The Balaban J connectivity index is 2.34. The molecule has 0 aliphatic rings. The summed E-state index contributed by atoms with van der Waals surface area (Å²) in [5.74, 6) is 0.0458. The first-order valence-electron chi connectivity index (χ1n) is 5.42. The van der Waals surface area contributed by atoms with E-state index in [9.17, 15) is 13.2 Å². The highest BCUT2D eigenvalue weighted by atomic mass is 19.4. The van der Waals surface area contributed by atoms with Crippen molar-refractivity contribution in [1.82, 2.24) is 0 Å². The van der Waals surface area contributed by atoms with E-state index in [1.165, 1.54) is 0 Å². The van der Waals surface area contributed by atoms with E-state index in [4.69, 9.17) is 5.73 Å². The van der Waals surface area contributed by atoms with Crippen LogP contribution in [0.2, 0.25) is 0 Å². The molecule has 0 fully saturated rings. The topological polar surface area (TPSA) is 35.2 Å². The normalized spacial score (nSPS) is 13.6. The van der Waals surface area contributed by atoms with Gasteiger partial charge in [0.15, 0.2) is 0 Å². The molecule has 1 unspecified atom stereocenters. The Bertz CT molecular complexity index is 313. The number of benzene rings is 1. The standard InChI is InChI=1S/C12H16F3NO/c13-12(14,15)9-17-7-6-11(8-16)10-4-2-1-3-5-10/h1-5,11H,6-9,16H2. The third kappa shape index (κ3) is 5.70. The fourth-order valence-electron chi connectivity index (χ4n) is 1.56. The number of nitrogens with two attached hydrogens (primary N) is 1. The number of halogens is 3. The van der Waals surface area contributed by atoms with Crippen LogP contribution in [-0.2, 0) is 4.74 Å². The first-order chi connectivity index (χ1) is 8.03. The summed E-state index contributed by atoms with van der Waals surface area (Å²) in [4.78, 5) is 0. The summed E-state index contributed by atoms with van der Waals surface area (Å²) < 4.78 is 40.1. The van der Waals surface area contributed by atoms with Crippen molar-refractivity contribution in [3.63, 3.8) is 0 Å². The molecule has 0 amide bonds. The molecule has 0 radical (unpaired) electrons. The van der Waals surface area contributed by atoms with Crippen LogP contribution in [0.25, 0.3) is 0 Å². The molecule has 0 saturated heterocycles. The van der Waals surface area contributed by atoms with Crippen molar-refractivity contribution in [2.75, 3.05) is 19.8 Å². The van der Waals surface area contributed by atoms with Crippen molar-refractivity contribution >= 4 is 0 Å². The number of ether oxygens (including phenoxy) is 1. The molecule has 0 heterocycles. The maximum absolute atomic E-state index is 11.8. The molecule has 5 heteroatoms. The van der Waals surface area contributed by atoms with Crippen LogP contribution in [0.1, 0.15) is 17.9 Å². The lowest BCUT2D eigenvalue weighted by atomic mass is 9.96. The molecular weight excluding hydrogens is 231 g/mol. The summed E-state index contributed by atoms with van der Waals surface area (Å²) in [5.41, 5.74) is 6.63. The van der Waals surface area contributed by atoms with Crippen molar-refractivity contribution in [2.45, 2.75) is 18.5 Å². The number of alkyl halides is 3. The van der Waals surface area contributed by atoms with Gasteiger partial charge in [-0.3, -0.25) is 0 Å². The summed E-state index contributed by atoms with van der Waals surface area (Å²) in [7, 11) is 0. The van der Waals surface area contributed by atoms with E-state index in [-0.39, 0.29) is 12.5 Å². The van der Waals surface area contributed by atoms with E-state index in [1.807, 2.05) is 30.3 Å². The second-order valence-electron chi connectivity index (χ2n) is 3.80. The fourth-order valence-corrected chi connectivity index (χ4v) is 1.56. The van der Waals surface area contributed by atoms with Gasteiger partial charge in [0.2, 0.25) is 0 Å². The van der Waals surface area contributed by atoms with Gasteiger partial charge in [0.1, 0.15) is 6.61 Å². The molecule has 2 N–H and O–H groups in total. The molecule has 1 aromatic rings. The van der Waals surface area contributed by atoms with Crippen LogP contribution in [0.3, 0.4) is 0 Å². The third-order valence-corrected chi connectivity index (χ3v) is 2.43. The van der Waals surface area contributed by atoms with E-state index in [0.717, 1.165) is 5.56 Å². The molecule has 0 bridgehead atoms. The van der Waals surface area contributed by atoms with Crippen molar-refractivity contribution in [3.05, 3.63) is 35.9 Å². The van der Waals surface area contributed by atoms with Crippen molar-refractivity contribution < 1.29 is 17.9 Å². The van der Waals surface area contributed by atoms with Gasteiger partial charge in [-0.25, -0.2) is 0 Å². The summed E-state index contributed by atoms with van der Waals surface area (Å²) in [6.45, 7) is -0.727. The van der Waals surface area contributed by atoms with E-state index < -0.39 is 12.8 Å². The minimum atomic E-state index is -4.26. The van der Waals surface area contributed by atoms with Crippen LogP contribution in [0.4, 0.5) is 13.2 Å². The van der Waals surface area contributed by atoms with E-state index >= 15 is 0 Å². The van der Waals surface area contributed by atoms with E-state index in [1.54, 1.807) is 0 Å². The predicted octanol–water partition coefficient (Wildman–Crippen LogP) is 2.70. The van der Waals surface area contributed by atoms with Crippen molar-refractivity contribution in [3.8, 4) is 0 Å². The van der Waals surface area contributed by atoms with Crippen LogP contribution in [0, 0.1) is 0 Å². The lowest BCUT2D eigenvalue weighted by molar-refractivity contribution is -0.174. The Hall–Kier alpha value is -1.07. The van der Waals surface area contributed by atoms with Gasteiger partial charge in [0.05, 0.1) is 0 Å². The summed E-state index contributed by atoms with van der Waals surface area (Å²) in [6, 6.07) is 9.49. The highest BCUT2D eigenvalue weighted by molar-refractivity contribution is 5.19. The molecule has 96 valence electrons. The van der Waals surface area contributed by atoms with Crippen molar-refractivity contribution in [1.29, 1.82) is 0 Å². The maximum atomic E-state index is 11.8. The first kappa shape index (κ1) is 14.0. The Kier molecular flexibility index (Phi) is 5.44. The molecule has 2 nitrogen and oxygen atoms in total. The summed E-state index contributed by atoms with van der Waals surface area (Å²) >= 11 is 0. The van der Waals surface area contributed by atoms with Crippen LogP contribution < -0.4 is 5.73 Å². The van der Waals surface area contributed by atoms with Gasteiger partial charge in [-0.05, 0) is 24.4 Å². The highest BCUT2D eigenvalue weighted by Gasteiger charge is 2.27. The van der Waals surface area contributed by atoms with Crippen LogP contribution in [-0.4, -0.2) is 25.9 Å². The molecular formula is C12H16F3NO. The molecule has 0 aliphatic heterocycles. The zero-order valence-corrected chi connectivity index (χ0v) is 9.41. The SMILES string of the molecule is NCC(CCOCC(F)(F)F)c1ccccc1. The zero-order valence-electron chi connectivity index (χ0n) is 9.41. The molecule has 0 spiro atoms. The van der Waals surface area contributed by atoms with Gasteiger partial charge in [0, 0.05) is 6.61 Å². The molecule has 1 aromatic carbocycles. The fraction of sp³-hybridized carbons (Fsp3) is 0.500. The van der Waals surface area contributed by atoms with Crippen LogP contribution >= 0.6 is 0 Å². The maximum Gasteiger partial charge on any atom is 0.411 e. The average Bonchev–Trinajstić information content (AvgIpc) is 2.29. The van der Waals surface area contributed by atoms with Gasteiger partial charge in [-0.2, -0.15) is 13.2 Å². The average molecular weight is 247 g/mol. The monoisotopic (exact) mass is 247 g/mol. The van der Waals surface area contributed by atoms with Gasteiger partial charge in [-0.1, -0.05) is 30.3 Å². The predicted molar refractivity (Wildman–Crippen MR) is 59.7 cm³/mol. The molecule has 0 aliphatic carbocycles. The lowest BCUT2D eigenvalue weighted by Crippen LogP contribution is -2.20. The van der Waals surface area contributed by atoms with Crippen LogP contribution in [0.5, 0.6) is 0 Å². The van der Waals surface area contributed by atoms with Crippen molar-refractivity contribution in [2.24, 2.45) is 5.73 Å². The highest BCUT2D eigenvalue weighted by Crippen LogP contribution is 2.19. The quantitative estimate of drug-likeness (QED) is 0.784. The van der Waals surface area contributed by atoms with Crippen LogP contribution in [0.15, 0.2) is 30.3 Å². The molecule has 1 rings (SSSR count). The Labute approximate surface area is 98.6 Å². The Morgan fingerprint density at radius 2 is 1.82 bits per heavy atom. The van der Waals surface area contributed by atoms with Gasteiger partial charge in [0.25, 0.3) is 0 Å². The largest absolute Gasteiger partial charge is 0.411 e. The Morgan fingerprint density at radius 1 is 1.18 bits per heavy atom. The summed E-state index contributed by atoms with van der Waals surface area (Å²) in [6.07, 6.45) is -3.76. The van der Waals surface area contributed by atoms with E-state index in [0.29, 0.717) is 13.0 Å². The second kappa shape index (κ2) is 6.61. The number of hydrogen-bond donors (Lipinski definition) is 1. The number of hydrogen-bond acceptors (Lipinski definition) is 2. The smallest absolute Gasteiger partial charge is 0.372 e.